The van der Waals surface area contributed by atoms with Crippen molar-refractivity contribution < 1.29 is 33.0 Å². The van der Waals surface area contributed by atoms with Crippen molar-refractivity contribution in [3.63, 3.8) is 0 Å². The van der Waals surface area contributed by atoms with Crippen molar-refractivity contribution in [2.24, 2.45) is 23.7 Å². The Morgan fingerprint density at radius 2 is 1.27 bits per heavy atom. The summed E-state index contributed by atoms with van der Waals surface area (Å²) < 4.78 is 31.3. The molecule has 3 rings (SSSR count). The van der Waals surface area contributed by atoms with Crippen molar-refractivity contribution >= 4 is 20.3 Å². The molecule has 0 saturated carbocycles. The lowest BCUT2D eigenvalue weighted by Gasteiger charge is -2.41. The third-order valence-corrected chi connectivity index (χ3v) is 14.9. The van der Waals surface area contributed by atoms with Gasteiger partial charge in [-0.05, 0) is 81.5 Å². The SMILES string of the molecule is CC(C)[C@H](C[C@H]1CC[C@@H]([C@H](C)C(=O)OCc2ccccc2)O1)OC(=O)C(C)[C@H]1CC[C@@H](C[C@@H](O[Si](C)(C)C(C)(C)C)C(C)C)O1. The Morgan fingerprint density at radius 1 is 0.778 bits per heavy atom. The van der Waals surface area contributed by atoms with Gasteiger partial charge in [0.2, 0.25) is 0 Å². The van der Waals surface area contributed by atoms with Gasteiger partial charge in [-0.1, -0.05) is 78.8 Å². The maximum absolute atomic E-state index is 13.4. The van der Waals surface area contributed by atoms with E-state index in [1.165, 1.54) is 0 Å². The Bertz CT molecular complexity index is 1070. The molecule has 8 atom stereocenters. The number of benzene rings is 1. The van der Waals surface area contributed by atoms with E-state index in [1.807, 2.05) is 44.2 Å². The van der Waals surface area contributed by atoms with Crippen LogP contribution in [-0.4, -0.2) is 56.9 Å². The number of esters is 2. The van der Waals surface area contributed by atoms with Crippen LogP contribution in [0.3, 0.4) is 0 Å². The molecular formula is C37H62O7Si. The van der Waals surface area contributed by atoms with Crippen LogP contribution in [0.5, 0.6) is 0 Å². The second kappa shape index (κ2) is 16.4. The average Bonchev–Trinajstić information content (AvgIpc) is 3.64. The molecule has 1 aromatic rings. The summed E-state index contributed by atoms with van der Waals surface area (Å²) >= 11 is 0. The van der Waals surface area contributed by atoms with E-state index in [1.54, 1.807) is 0 Å². The van der Waals surface area contributed by atoms with Crippen molar-refractivity contribution in [1.82, 2.24) is 0 Å². The normalized spacial score (nSPS) is 25.3. The van der Waals surface area contributed by atoms with Gasteiger partial charge in [0.05, 0.1) is 36.3 Å². The van der Waals surface area contributed by atoms with Gasteiger partial charge in [0.25, 0.3) is 0 Å². The van der Waals surface area contributed by atoms with Gasteiger partial charge in [0.15, 0.2) is 8.32 Å². The van der Waals surface area contributed by atoms with Gasteiger partial charge < -0.3 is 23.4 Å². The van der Waals surface area contributed by atoms with Gasteiger partial charge in [0, 0.05) is 12.5 Å². The van der Waals surface area contributed by atoms with E-state index in [0.717, 1.165) is 37.7 Å². The third kappa shape index (κ3) is 10.9. The smallest absolute Gasteiger partial charge is 0.311 e. The quantitative estimate of drug-likeness (QED) is 0.140. The fourth-order valence-electron chi connectivity index (χ4n) is 5.96. The summed E-state index contributed by atoms with van der Waals surface area (Å²) in [6.45, 7) is 24.1. The molecule has 0 spiro atoms. The van der Waals surface area contributed by atoms with Crippen LogP contribution in [-0.2, 0) is 39.6 Å². The molecule has 8 heteroatoms. The highest BCUT2D eigenvalue weighted by Crippen LogP contribution is 2.40. The first kappa shape index (κ1) is 37.7. The molecule has 0 radical (unpaired) electrons. The van der Waals surface area contributed by atoms with Crippen LogP contribution in [0.1, 0.15) is 106 Å². The van der Waals surface area contributed by atoms with Gasteiger partial charge >= 0.3 is 11.9 Å². The second-order valence-electron chi connectivity index (χ2n) is 15.8. The van der Waals surface area contributed by atoms with Crippen LogP contribution in [0.4, 0.5) is 0 Å². The van der Waals surface area contributed by atoms with Gasteiger partial charge in [0.1, 0.15) is 12.7 Å². The lowest BCUT2D eigenvalue weighted by Crippen LogP contribution is -2.46. The van der Waals surface area contributed by atoms with Crippen LogP contribution >= 0.6 is 0 Å². The molecule has 2 aliphatic rings. The molecule has 0 aliphatic carbocycles. The van der Waals surface area contributed by atoms with Crippen molar-refractivity contribution in [1.29, 1.82) is 0 Å². The fraction of sp³-hybridized carbons (Fsp3) is 0.784. The fourth-order valence-corrected chi connectivity index (χ4v) is 7.43. The molecule has 0 amide bonds. The second-order valence-corrected chi connectivity index (χ2v) is 20.5. The van der Waals surface area contributed by atoms with Crippen LogP contribution in [0, 0.1) is 23.7 Å². The molecule has 7 nitrogen and oxygen atoms in total. The summed E-state index contributed by atoms with van der Waals surface area (Å²) in [5.41, 5.74) is 0.966. The van der Waals surface area contributed by atoms with Crippen LogP contribution in [0.25, 0.3) is 0 Å². The summed E-state index contributed by atoms with van der Waals surface area (Å²) in [6.07, 6.45) is 4.45. The van der Waals surface area contributed by atoms with Crippen LogP contribution in [0.2, 0.25) is 18.1 Å². The van der Waals surface area contributed by atoms with Crippen molar-refractivity contribution in [2.45, 2.75) is 162 Å². The number of carbonyl (C=O) groups is 2. The summed E-state index contributed by atoms with van der Waals surface area (Å²) in [4.78, 5) is 26.1. The molecule has 0 bridgehead atoms. The monoisotopic (exact) mass is 646 g/mol. The van der Waals surface area contributed by atoms with Gasteiger partial charge in [-0.25, -0.2) is 0 Å². The predicted molar refractivity (Wildman–Crippen MR) is 181 cm³/mol. The molecule has 2 aliphatic heterocycles. The lowest BCUT2D eigenvalue weighted by molar-refractivity contribution is -0.163. The highest BCUT2D eigenvalue weighted by Gasteiger charge is 2.42. The first-order valence-electron chi connectivity index (χ1n) is 17.4. The molecule has 2 fully saturated rings. The largest absolute Gasteiger partial charge is 0.462 e. The standard InChI is InChI=1S/C37H62O7Si/c1-24(2)33(21-29-17-19-31(41-29)26(5)35(38)40-23-28-15-13-12-14-16-28)43-36(39)27(6)32-20-18-30(42-32)22-34(25(3)4)44-45(10,11)37(7,8)9/h12-16,24-27,29-34H,17-23H2,1-11H3/t26-,27?,29+,30-,31-,32+,33-,34+/m0/s1. The molecule has 2 heterocycles. The van der Waals surface area contributed by atoms with E-state index in [0.29, 0.717) is 12.3 Å². The summed E-state index contributed by atoms with van der Waals surface area (Å²) in [6, 6.07) is 9.70. The molecule has 1 aromatic carbocycles. The lowest BCUT2D eigenvalue weighted by atomic mass is 9.97. The van der Waals surface area contributed by atoms with Gasteiger partial charge in [-0.15, -0.1) is 0 Å². The zero-order valence-electron chi connectivity index (χ0n) is 30.0. The number of carbonyl (C=O) groups excluding carboxylic acids is 2. The maximum Gasteiger partial charge on any atom is 0.311 e. The summed E-state index contributed by atoms with van der Waals surface area (Å²) in [7, 11) is -1.90. The highest BCUT2D eigenvalue weighted by molar-refractivity contribution is 6.74. The van der Waals surface area contributed by atoms with E-state index in [-0.39, 0.29) is 78.0 Å². The van der Waals surface area contributed by atoms with E-state index >= 15 is 0 Å². The predicted octanol–water partition coefficient (Wildman–Crippen LogP) is 8.49. The Labute approximate surface area is 274 Å². The van der Waals surface area contributed by atoms with Gasteiger partial charge in [-0.3, -0.25) is 9.59 Å². The first-order chi connectivity index (χ1) is 21.0. The minimum absolute atomic E-state index is 0.0594. The Kier molecular flexibility index (Phi) is 13.7. The molecule has 2 saturated heterocycles. The minimum Gasteiger partial charge on any atom is -0.462 e. The van der Waals surface area contributed by atoms with E-state index < -0.39 is 8.32 Å². The number of hydrogen-bond acceptors (Lipinski definition) is 7. The van der Waals surface area contributed by atoms with Crippen LogP contribution < -0.4 is 0 Å². The average molecular weight is 647 g/mol. The highest BCUT2D eigenvalue weighted by atomic mass is 28.4. The molecule has 256 valence electrons. The first-order valence-corrected chi connectivity index (χ1v) is 20.3. The Hall–Kier alpha value is -1.74. The number of ether oxygens (including phenoxy) is 4. The van der Waals surface area contributed by atoms with E-state index in [2.05, 4.69) is 61.6 Å². The topological polar surface area (TPSA) is 80.3 Å². The Morgan fingerprint density at radius 3 is 1.76 bits per heavy atom. The number of hydrogen-bond donors (Lipinski definition) is 0. The maximum atomic E-state index is 13.4. The molecule has 1 unspecified atom stereocenters. The third-order valence-electron chi connectivity index (χ3n) is 10.4. The van der Waals surface area contributed by atoms with Gasteiger partial charge in [-0.2, -0.15) is 0 Å². The minimum atomic E-state index is -1.90. The van der Waals surface area contributed by atoms with Crippen LogP contribution in [0.15, 0.2) is 30.3 Å². The zero-order chi connectivity index (χ0) is 33.5. The van der Waals surface area contributed by atoms with E-state index in [4.69, 9.17) is 23.4 Å². The number of rotatable bonds is 15. The molecular weight excluding hydrogens is 584 g/mol. The zero-order valence-corrected chi connectivity index (χ0v) is 31.0. The summed E-state index contributed by atoms with van der Waals surface area (Å²) in [5.74, 6) is -0.596. The van der Waals surface area contributed by atoms with Crippen molar-refractivity contribution in [2.75, 3.05) is 0 Å². The van der Waals surface area contributed by atoms with Crippen molar-refractivity contribution in [3.8, 4) is 0 Å². The molecule has 0 N–H and O–H groups in total. The van der Waals surface area contributed by atoms with E-state index in [9.17, 15) is 9.59 Å². The Balaban J connectivity index is 1.48. The molecule has 0 aromatic heterocycles. The van der Waals surface area contributed by atoms with Crippen molar-refractivity contribution in [3.05, 3.63) is 35.9 Å². The molecule has 45 heavy (non-hydrogen) atoms. The summed E-state index contributed by atoms with van der Waals surface area (Å²) in [5, 5.41) is 0.154.